The van der Waals surface area contributed by atoms with Crippen molar-refractivity contribution in [3.63, 3.8) is 0 Å². The first kappa shape index (κ1) is 23.7. The summed E-state index contributed by atoms with van der Waals surface area (Å²) >= 11 is 0. The van der Waals surface area contributed by atoms with E-state index in [4.69, 9.17) is 4.74 Å². The number of hydrogen-bond donors (Lipinski definition) is 2. The van der Waals surface area contributed by atoms with Gasteiger partial charge < -0.3 is 15.0 Å². The topological polar surface area (TPSA) is 114 Å². The number of nitrogens with zero attached hydrogens (tertiary/aromatic N) is 3. The van der Waals surface area contributed by atoms with E-state index in [9.17, 15) is 13.2 Å². The Kier molecular flexibility index (Phi) is 7.39. The molecule has 0 radical (unpaired) electrons. The molecule has 0 unspecified atom stereocenters. The third-order valence-electron chi connectivity index (χ3n) is 5.32. The highest BCUT2D eigenvalue weighted by atomic mass is 32.2. The number of carbonyl (C=O) groups is 1. The molecular weight excluding hydrogens is 454 g/mol. The van der Waals surface area contributed by atoms with Crippen LogP contribution in [0.15, 0.2) is 65.6 Å². The number of sulfonamides is 1. The van der Waals surface area contributed by atoms with Crippen LogP contribution in [0.5, 0.6) is 0 Å². The molecule has 0 spiro atoms. The Morgan fingerprint density at radius 1 is 1.00 bits per heavy atom. The molecule has 4 rings (SSSR count). The van der Waals surface area contributed by atoms with E-state index in [1.54, 1.807) is 30.3 Å². The van der Waals surface area contributed by atoms with Crippen LogP contribution >= 0.6 is 0 Å². The highest BCUT2D eigenvalue weighted by molar-refractivity contribution is 7.92. The van der Waals surface area contributed by atoms with Crippen LogP contribution in [0, 0.1) is 0 Å². The molecule has 0 saturated carbocycles. The Morgan fingerprint density at radius 3 is 2.44 bits per heavy atom. The van der Waals surface area contributed by atoms with Crippen molar-refractivity contribution in [1.82, 2.24) is 10.2 Å². The largest absolute Gasteiger partial charge is 0.378 e. The fourth-order valence-corrected chi connectivity index (χ4v) is 4.61. The molecule has 1 amide bonds. The zero-order chi connectivity index (χ0) is 24.0. The molecule has 1 saturated heterocycles. The minimum absolute atomic E-state index is 0.0982. The van der Waals surface area contributed by atoms with Crippen LogP contribution in [0.2, 0.25) is 0 Å². The highest BCUT2D eigenvalue weighted by Crippen LogP contribution is 2.24. The van der Waals surface area contributed by atoms with Crippen LogP contribution in [0.4, 0.5) is 17.2 Å². The van der Waals surface area contributed by atoms with Crippen LogP contribution in [-0.4, -0.2) is 50.8 Å². The van der Waals surface area contributed by atoms with Crippen LogP contribution in [0.25, 0.3) is 11.3 Å². The standard InChI is InChI=1S/C24H27N5O4S/c1-2-4-24(30)25-19-7-9-21(10-8-19)34(31,32)28-20-6-3-5-18(17-20)22-11-12-23(27-26-22)29-13-15-33-16-14-29/h3,5-12,17,28H,2,4,13-16H2,1H3,(H,25,30). The molecule has 1 aliphatic rings. The second kappa shape index (κ2) is 10.6. The summed E-state index contributed by atoms with van der Waals surface area (Å²) < 4.78 is 33.7. The number of nitrogens with one attached hydrogen (secondary N) is 2. The van der Waals surface area contributed by atoms with Crippen LogP contribution < -0.4 is 14.9 Å². The van der Waals surface area contributed by atoms with Crippen LogP contribution in [0.1, 0.15) is 19.8 Å². The number of carbonyl (C=O) groups excluding carboxylic acids is 1. The van der Waals surface area contributed by atoms with Crippen molar-refractivity contribution in [2.24, 2.45) is 0 Å². The van der Waals surface area contributed by atoms with E-state index in [0.717, 1.165) is 30.9 Å². The summed E-state index contributed by atoms with van der Waals surface area (Å²) in [4.78, 5) is 13.9. The van der Waals surface area contributed by atoms with Gasteiger partial charge in [0.2, 0.25) is 5.91 Å². The zero-order valence-electron chi connectivity index (χ0n) is 18.9. The van der Waals surface area contributed by atoms with Gasteiger partial charge in [0.15, 0.2) is 5.82 Å². The highest BCUT2D eigenvalue weighted by Gasteiger charge is 2.16. The third-order valence-corrected chi connectivity index (χ3v) is 6.72. The molecule has 1 fully saturated rings. The maximum Gasteiger partial charge on any atom is 0.261 e. The Morgan fingerprint density at radius 2 is 1.76 bits per heavy atom. The summed E-state index contributed by atoms with van der Waals surface area (Å²) in [5.74, 6) is 0.687. The molecule has 10 heteroatoms. The lowest BCUT2D eigenvalue weighted by atomic mass is 10.1. The van der Waals surface area contributed by atoms with Gasteiger partial charge in [-0.2, -0.15) is 0 Å². The molecule has 9 nitrogen and oxygen atoms in total. The summed E-state index contributed by atoms with van der Waals surface area (Å²) in [6, 6.07) is 16.9. The second-order valence-corrected chi connectivity index (χ2v) is 9.57. The normalized spacial score (nSPS) is 14.0. The maximum absolute atomic E-state index is 12.9. The SMILES string of the molecule is CCCC(=O)Nc1ccc(S(=O)(=O)Nc2cccc(-c3ccc(N4CCOCC4)nn3)c2)cc1. The van der Waals surface area contributed by atoms with Gasteiger partial charge in [-0.1, -0.05) is 19.1 Å². The summed E-state index contributed by atoms with van der Waals surface area (Å²) in [5, 5.41) is 11.4. The van der Waals surface area contributed by atoms with Gasteiger partial charge in [0.1, 0.15) is 0 Å². The third kappa shape index (κ3) is 5.89. The predicted octanol–water partition coefficient (Wildman–Crippen LogP) is 3.52. The van der Waals surface area contributed by atoms with Gasteiger partial charge in [-0.15, -0.1) is 10.2 Å². The molecule has 1 aliphatic heterocycles. The van der Waals surface area contributed by atoms with Crippen molar-refractivity contribution in [1.29, 1.82) is 0 Å². The summed E-state index contributed by atoms with van der Waals surface area (Å²) in [7, 11) is -3.81. The van der Waals surface area contributed by atoms with Crippen LogP contribution in [0.3, 0.4) is 0 Å². The fourth-order valence-electron chi connectivity index (χ4n) is 3.56. The number of anilines is 3. The first-order valence-electron chi connectivity index (χ1n) is 11.1. The van der Waals surface area contributed by atoms with E-state index in [1.807, 2.05) is 25.1 Å². The Labute approximate surface area is 199 Å². The molecular formula is C24H27N5O4S. The van der Waals surface area contributed by atoms with E-state index in [1.165, 1.54) is 12.1 Å². The average molecular weight is 482 g/mol. The fraction of sp³-hybridized carbons (Fsp3) is 0.292. The molecule has 178 valence electrons. The van der Waals surface area contributed by atoms with Crippen molar-refractivity contribution in [2.45, 2.75) is 24.7 Å². The monoisotopic (exact) mass is 481 g/mol. The number of ether oxygens (including phenoxy) is 1. The number of aromatic nitrogens is 2. The maximum atomic E-state index is 12.9. The van der Waals surface area contributed by atoms with Gasteiger partial charge in [-0.05, 0) is 55.0 Å². The van der Waals surface area contributed by atoms with Crippen LogP contribution in [-0.2, 0) is 19.6 Å². The van der Waals surface area contributed by atoms with E-state index in [2.05, 4.69) is 25.1 Å². The van der Waals surface area contributed by atoms with Crippen molar-refractivity contribution in [2.75, 3.05) is 41.2 Å². The summed E-state index contributed by atoms with van der Waals surface area (Å²) in [6.45, 7) is 4.81. The van der Waals surface area contributed by atoms with Gasteiger partial charge in [-0.3, -0.25) is 9.52 Å². The smallest absolute Gasteiger partial charge is 0.261 e. The van der Waals surface area contributed by atoms with Crippen molar-refractivity contribution >= 4 is 33.1 Å². The minimum atomic E-state index is -3.81. The molecule has 0 atom stereocenters. The molecule has 2 heterocycles. The summed E-state index contributed by atoms with van der Waals surface area (Å²) in [5.41, 5.74) is 2.36. The lowest BCUT2D eigenvalue weighted by molar-refractivity contribution is -0.116. The molecule has 3 aromatic rings. The second-order valence-electron chi connectivity index (χ2n) is 7.89. The van der Waals surface area contributed by atoms with E-state index >= 15 is 0 Å². The molecule has 34 heavy (non-hydrogen) atoms. The number of hydrogen-bond acceptors (Lipinski definition) is 7. The number of morpholine rings is 1. The Hall–Kier alpha value is -3.50. The summed E-state index contributed by atoms with van der Waals surface area (Å²) in [6.07, 6.45) is 1.16. The first-order chi connectivity index (χ1) is 16.4. The number of rotatable bonds is 8. The van der Waals surface area contributed by atoms with Crippen molar-refractivity contribution in [3.05, 3.63) is 60.7 Å². The van der Waals surface area contributed by atoms with Gasteiger partial charge in [-0.25, -0.2) is 8.42 Å². The van der Waals surface area contributed by atoms with E-state index < -0.39 is 10.0 Å². The van der Waals surface area contributed by atoms with Gasteiger partial charge >= 0.3 is 0 Å². The molecule has 1 aromatic heterocycles. The van der Waals surface area contributed by atoms with Gasteiger partial charge in [0, 0.05) is 36.4 Å². The average Bonchev–Trinajstić information content (AvgIpc) is 2.85. The van der Waals surface area contributed by atoms with E-state index in [-0.39, 0.29) is 10.8 Å². The predicted molar refractivity (Wildman–Crippen MR) is 131 cm³/mol. The number of amides is 1. The molecule has 2 aromatic carbocycles. The molecule has 0 aliphatic carbocycles. The Balaban J connectivity index is 1.45. The lowest BCUT2D eigenvalue weighted by Gasteiger charge is -2.27. The van der Waals surface area contributed by atoms with E-state index in [0.29, 0.717) is 36.7 Å². The molecule has 0 bridgehead atoms. The van der Waals surface area contributed by atoms with Gasteiger partial charge in [0.05, 0.1) is 23.8 Å². The number of benzene rings is 2. The Bertz CT molecular complexity index is 1220. The van der Waals surface area contributed by atoms with Crippen molar-refractivity contribution < 1.29 is 17.9 Å². The molecule has 2 N–H and O–H groups in total. The minimum Gasteiger partial charge on any atom is -0.378 e. The quantitative estimate of drug-likeness (QED) is 0.506. The lowest BCUT2D eigenvalue weighted by Crippen LogP contribution is -2.36. The zero-order valence-corrected chi connectivity index (χ0v) is 19.7. The van der Waals surface area contributed by atoms with Gasteiger partial charge in [0.25, 0.3) is 10.0 Å². The first-order valence-corrected chi connectivity index (χ1v) is 12.6. The van der Waals surface area contributed by atoms with Crippen molar-refractivity contribution in [3.8, 4) is 11.3 Å².